The summed E-state index contributed by atoms with van der Waals surface area (Å²) in [4.78, 5) is 15.8. The lowest BCUT2D eigenvalue weighted by molar-refractivity contribution is -0.139. The quantitative estimate of drug-likeness (QED) is 0.417. The minimum absolute atomic E-state index is 0.125. The molecule has 6 heteroatoms. The number of carbonyl (C=O) groups is 1. The van der Waals surface area contributed by atoms with Crippen molar-refractivity contribution in [3.63, 3.8) is 0 Å². The van der Waals surface area contributed by atoms with Crippen LogP contribution in [0.15, 0.2) is 48.7 Å². The molecule has 0 radical (unpaired) electrons. The number of aromatic nitrogens is 1. The van der Waals surface area contributed by atoms with E-state index in [1.807, 2.05) is 30.3 Å². The van der Waals surface area contributed by atoms with Gasteiger partial charge in [-0.05, 0) is 97.2 Å². The Morgan fingerprint density at radius 1 is 1.11 bits per heavy atom. The fourth-order valence-corrected chi connectivity index (χ4v) is 5.54. The molecule has 6 nitrogen and oxygen atoms in total. The van der Waals surface area contributed by atoms with E-state index in [2.05, 4.69) is 31.0 Å². The lowest BCUT2D eigenvalue weighted by Crippen LogP contribution is -2.21. The molecule has 3 atom stereocenters. The minimum Gasteiger partial charge on any atom is -0.493 e. The van der Waals surface area contributed by atoms with Gasteiger partial charge in [-0.15, -0.1) is 0 Å². The molecule has 0 aliphatic heterocycles. The van der Waals surface area contributed by atoms with Crippen molar-refractivity contribution < 1.29 is 24.5 Å². The molecule has 3 aromatic rings. The molecule has 188 valence electrons. The molecule has 0 saturated heterocycles. The summed E-state index contributed by atoms with van der Waals surface area (Å²) in [5.74, 6) is 0.791. The minimum atomic E-state index is -0.744. The molecule has 5 rings (SSSR count). The second-order valence-corrected chi connectivity index (χ2v) is 10.8. The highest BCUT2D eigenvalue weighted by Crippen LogP contribution is 2.61. The zero-order valence-electron chi connectivity index (χ0n) is 21.2. The normalized spacial score (nSPS) is 20.0. The van der Waals surface area contributed by atoms with E-state index in [0.29, 0.717) is 25.5 Å². The molecular weight excluding hydrogens is 454 g/mol. The van der Waals surface area contributed by atoms with E-state index in [1.165, 1.54) is 5.56 Å². The molecule has 2 aromatic carbocycles. The third kappa shape index (κ3) is 4.96. The molecule has 1 fully saturated rings. The highest BCUT2D eigenvalue weighted by atomic mass is 16.5. The summed E-state index contributed by atoms with van der Waals surface area (Å²) < 4.78 is 11.9. The zero-order valence-corrected chi connectivity index (χ0v) is 21.2. The van der Waals surface area contributed by atoms with Crippen molar-refractivity contribution in [2.45, 2.75) is 58.7 Å². The van der Waals surface area contributed by atoms with Crippen LogP contribution in [0.2, 0.25) is 0 Å². The molecule has 0 spiro atoms. The van der Waals surface area contributed by atoms with E-state index < -0.39 is 11.6 Å². The van der Waals surface area contributed by atoms with Crippen LogP contribution in [0, 0.1) is 25.7 Å². The van der Waals surface area contributed by atoms with Gasteiger partial charge in [0, 0.05) is 24.6 Å². The van der Waals surface area contributed by atoms with Gasteiger partial charge in [0.2, 0.25) is 5.88 Å². The smallest absolute Gasteiger partial charge is 0.307 e. The van der Waals surface area contributed by atoms with E-state index in [-0.39, 0.29) is 17.8 Å². The molecule has 1 heterocycles. The van der Waals surface area contributed by atoms with Crippen LogP contribution in [0.25, 0.3) is 11.1 Å². The first kappa shape index (κ1) is 24.3. The van der Waals surface area contributed by atoms with Crippen LogP contribution in [0.4, 0.5) is 0 Å². The summed E-state index contributed by atoms with van der Waals surface area (Å²) in [6.45, 7) is 8.61. The Bertz CT molecular complexity index is 1290. The van der Waals surface area contributed by atoms with Gasteiger partial charge in [-0.25, -0.2) is 4.98 Å². The van der Waals surface area contributed by atoms with Crippen LogP contribution in [0.5, 0.6) is 11.6 Å². The van der Waals surface area contributed by atoms with E-state index >= 15 is 0 Å². The van der Waals surface area contributed by atoms with Gasteiger partial charge < -0.3 is 19.7 Å². The van der Waals surface area contributed by atoms with Gasteiger partial charge in [0.25, 0.3) is 0 Å². The lowest BCUT2D eigenvalue weighted by Gasteiger charge is -2.18. The van der Waals surface area contributed by atoms with Crippen molar-refractivity contribution in [1.29, 1.82) is 0 Å². The van der Waals surface area contributed by atoms with Crippen molar-refractivity contribution in [2.75, 3.05) is 6.61 Å². The summed E-state index contributed by atoms with van der Waals surface area (Å²) in [5, 5.41) is 19.2. The number of ether oxygens (including phenoxy) is 2. The Morgan fingerprint density at radius 3 is 2.56 bits per heavy atom. The van der Waals surface area contributed by atoms with Gasteiger partial charge in [0.15, 0.2) is 0 Å². The maximum atomic E-state index is 11.3. The maximum absolute atomic E-state index is 11.3. The summed E-state index contributed by atoms with van der Waals surface area (Å²) in [6, 6.07) is 14.4. The molecule has 2 N–H and O–H groups in total. The number of carboxylic acids is 1. The van der Waals surface area contributed by atoms with E-state index in [9.17, 15) is 15.0 Å². The largest absolute Gasteiger partial charge is 0.493 e. The number of benzene rings is 2. The van der Waals surface area contributed by atoms with Crippen molar-refractivity contribution in [2.24, 2.45) is 11.8 Å². The number of hydrogen-bond acceptors (Lipinski definition) is 5. The average molecular weight is 488 g/mol. The third-order valence-electron chi connectivity index (χ3n) is 7.36. The Labute approximate surface area is 211 Å². The number of nitrogens with zero attached hydrogens (tertiary/aromatic N) is 1. The van der Waals surface area contributed by atoms with Crippen LogP contribution >= 0.6 is 0 Å². The van der Waals surface area contributed by atoms with Gasteiger partial charge in [0.1, 0.15) is 12.4 Å². The Kier molecular flexibility index (Phi) is 6.25. The van der Waals surface area contributed by atoms with Gasteiger partial charge in [-0.3, -0.25) is 4.79 Å². The number of hydrogen-bond donors (Lipinski definition) is 2. The highest BCUT2D eigenvalue weighted by molar-refractivity contribution is 5.77. The number of fused-ring (bicyclic) bond motifs is 3. The molecule has 0 unspecified atom stereocenters. The predicted octanol–water partition coefficient (Wildman–Crippen LogP) is 5.45. The monoisotopic (exact) mass is 487 g/mol. The van der Waals surface area contributed by atoms with E-state index in [4.69, 9.17) is 9.47 Å². The number of rotatable bonds is 9. The first-order chi connectivity index (χ1) is 17.1. The van der Waals surface area contributed by atoms with Crippen LogP contribution < -0.4 is 9.47 Å². The standard InChI is InChI=1S/C30H33NO5/c1-17-10-22(35-9-8-30(3,4)34)11-18(2)26(17)20-7-5-6-19(12-20)16-36-25-14-21-13-23-27(24(21)15-31-25)28(23)29(32)33/h5-7,10-12,14-15,23,27-28,34H,8-9,13,16H2,1-4H3,(H,32,33)/t23-,27-,28+/m1/s1. The number of aryl methyl sites for hydroxylation is 2. The molecule has 0 amide bonds. The first-order valence-electron chi connectivity index (χ1n) is 12.5. The van der Waals surface area contributed by atoms with Gasteiger partial charge in [-0.2, -0.15) is 0 Å². The summed E-state index contributed by atoms with van der Waals surface area (Å²) in [6.07, 6.45) is 3.16. The molecule has 0 bridgehead atoms. The van der Waals surface area contributed by atoms with Crippen LogP contribution in [0.3, 0.4) is 0 Å². The Balaban J connectivity index is 1.25. The fourth-order valence-electron chi connectivity index (χ4n) is 5.54. The summed E-state index contributed by atoms with van der Waals surface area (Å²) in [7, 11) is 0. The van der Waals surface area contributed by atoms with E-state index in [1.54, 1.807) is 20.0 Å². The Morgan fingerprint density at radius 2 is 1.86 bits per heavy atom. The number of aliphatic carboxylic acids is 1. The molecular formula is C30H33NO5. The molecule has 1 saturated carbocycles. The Hall–Kier alpha value is -3.38. The maximum Gasteiger partial charge on any atom is 0.307 e. The molecule has 2 aliphatic carbocycles. The number of pyridine rings is 1. The van der Waals surface area contributed by atoms with Crippen LogP contribution in [-0.4, -0.2) is 33.4 Å². The SMILES string of the molecule is Cc1cc(OCCC(C)(C)O)cc(C)c1-c1cccc(COc2cc3c(cn2)[C@H]2[C@@H](C3)[C@@H]2C(=O)O)c1. The van der Waals surface area contributed by atoms with Crippen LogP contribution in [-0.2, 0) is 17.8 Å². The first-order valence-corrected chi connectivity index (χ1v) is 12.5. The second-order valence-electron chi connectivity index (χ2n) is 10.8. The zero-order chi connectivity index (χ0) is 25.6. The van der Waals surface area contributed by atoms with Gasteiger partial charge >= 0.3 is 5.97 Å². The predicted molar refractivity (Wildman–Crippen MR) is 137 cm³/mol. The molecule has 36 heavy (non-hydrogen) atoms. The average Bonchev–Trinajstić information content (AvgIpc) is 3.39. The van der Waals surface area contributed by atoms with Crippen molar-refractivity contribution in [3.8, 4) is 22.8 Å². The third-order valence-corrected chi connectivity index (χ3v) is 7.36. The van der Waals surface area contributed by atoms with E-state index in [0.717, 1.165) is 45.6 Å². The van der Waals surface area contributed by atoms with Crippen molar-refractivity contribution in [1.82, 2.24) is 4.98 Å². The highest BCUT2D eigenvalue weighted by Gasteiger charge is 2.59. The fraction of sp³-hybridized carbons (Fsp3) is 0.400. The molecule has 1 aromatic heterocycles. The second kappa shape index (κ2) is 9.25. The number of aliphatic hydroxyl groups is 1. The molecule has 2 aliphatic rings. The topological polar surface area (TPSA) is 88.9 Å². The number of carboxylic acid groups (broad SMARTS) is 1. The van der Waals surface area contributed by atoms with Gasteiger partial charge in [-0.1, -0.05) is 18.2 Å². The van der Waals surface area contributed by atoms with Crippen LogP contribution in [0.1, 0.15) is 54.0 Å². The van der Waals surface area contributed by atoms with Gasteiger partial charge in [0.05, 0.1) is 18.1 Å². The lowest BCUT2D eigenvalue weighted by atomic mass is 9.94. The summed E-state index contributed by atoms with van der Waals surface area (Å²) >= 11 is 0. The van der Waals surface area contributed by atoms with Crippen molar-refractivity contribution in [3.05, 3.63) is 76.5 Å². The van der Waals surface area contributed by atoms with Crippen molar-refractivity contribution >= 4 is 5.97 Å². The summed E-state index contributed by atoms with van der Waals surface area (Å²) in [5.41, 5.74) is 7.09.